The molecule has 0 spiro atoms. The summed E-state index contributed by atoms with van der Waals surface area (Å²) in [7, 11) is 3.26. The minimum atomic E-state index is 0.665. The fraction of sp³-hybridized carbons (Fsp3) is 0.250. The van der Waals surface area contributed by atoms with E-state index in [9.17, 15) is 0 Å². The van der Waals surface area contributed by atoms with Gasteiger partial charge in [0.25, 0.3) is 0 Å². The van der Waals surface area contributed by atoms with E-state index >= 15 is 0 Å². The average molecular weight is 371 g/mol. The fourth-order valence-electron chi connectivity index (χ4n) is 1.97. The van der Waals surface area contributed by atoms with Crippen molar-refractivity contribution in [3.8, 4) is 11.5 Å². The molecule has 0 atom stereocenters. The van der Waals surface area contributed by atoms with Crippen LogP contribution in [0.4, 0.5) is 5.69 Å². The van der Waals surface area contributed by atoms with Crippen LogP contribution in [0.1, 0.15) is 11.1 Å². The van der Waals surface area contributed by atoms with Crippen molar-refractivity contribution < 1.29 is 9.47 Å². The molecular formula is C16H17BrClNO2. The number of benzene rings is 2. The van der Waals surface area contributed by atoms with Crippen molar-refractivity contribution in [2.45, 2.75) is 13.5 Å². The van der Waals surface area contributed by atoms with Crippen molar-refractivity contribution >= 4 is 33.2 Å². The van der Waals surface area contributed by atoms with E-state index in [-0.39, 0.29) is 0 Å². The van der Waals surface area contributed by atoms with Crippen molar-refractivity contribution in [3.63, 3.8) is 0 Å². The third kappa shape index (κ3) is 3.83. The summed E-state index contributed by atoms with van der Waals surface area (Å²) in [6.07, 6.45) is 0. The van der Waals surface area contributed by atoms with Crippen LogP contribution in [0.15, 0.2) is 34.8 Å². The third-order valence-corrected chi connectivity index (χ3v) is 4.24. The Morgan fingerprint density at radius 1 is 1.10 bits per heavy atom. The lowest BCUT2D eigenvalue weighted by Crippen LogP contribution is -2.01. The molecule has 21 heavy (non-hydrogen) atoms. The molecule has 0 aliphatic rings. The van der Waals surface area contributed by atoms with Crippen LogP contribution in [0.5, 0.6) is 11.5 Å². The zero-order valence-corrected chi connectivity index (χ0v) is 14.5. The molecule has 5 heteroatoms. The Balaban J connectivity index is 2.15. The minimum absolute atomic E-state index is 0.665. The molecule has 0 unspecified atom stereocenters. The molecule has 0 aliphatic carbocycles. The van der Waals surface area contributed by atoms with Gasteiger partial charge in [-0.05, 0) is 58.2 Å². The van der Waals surface area contributed by atoms with Gasteiger partial charge in [-0.25, -0.2) is 0 Å². The second-order valence-corrected chi connectivity index (χ2v) is 5.89. The zero-order valence-electron chi connectivity index (χ0n) is 12.2. The molecular weight excluding hydrogens is 354 g/mol. The van der Waals surface area contributed by atoms with Crippen molar-refractivity contribution in [1.29, 1.82) is 0 Å². The van der Waals surface area contributed by atoms with Gasteiger partial charge in [0.05, 0.1) is 19.9 Å². The maximum atomic E-state index is 6.16. The Hall–Kier alpha value is -1.39. The van der Waals surface area contributed by atoms with Gasteiger partial charge < -0.3 is 14.8 Å². The number of hydrogen-bond donors (Lipinski definition) is 1. The van der Waals surface area contributed by atoms with Crippen molar-refractivity contribution in [2.24, 2.45) is 0 Å². The Kier molecular flexibility index (Phi) is 5.37. The molecule has 0 aromatic heterocycles. The quantitative estimate of drug-likeness (QED) is 0.800. The van der Waals surface area contributed by atoms with Crippen LogP contribution in [0.25, 0.3) is 0 Å². The van der Waals surface area contributed by atoms with Crippen LogP contribution in [0.3, 0.4) is 0 Å². The van der Waals surface area contributed by atoms with Gasteiger partial charge in [0.2, 0.25) is 0 Å². The molecule has 0 fully saturated rings. The molecule has 0 radical (unpaired) electrons. The zero-order chi connectivity index (χ0) is 15.4. The first-order valence-electron chi connectivity index (χ1n) is 6.45. The van der Waals surface area contributed by atoms with Crippen LogP contribution >= 0.6 is 27.5 Å². The van der Waals surface area contributed by atoms with Gasteiger partial charge in [-0.15, -0.1) is 0 Å². The lowest BCUT2D eigenvalue weighted by molar-refractivity contribution is 0.354. The summed E-state index contributed by atoms with van der Waals surface area (Å²) in [5, 5.41) is 4.10. The van der Waals surface area contributed by atoms with Crippen LogP contribution in [-0.4, -0.2) is 14.2 Å². The first kappa shape index (κ1) is 16.0. The van der Waals surface area contributed by atoms with E-state index in [1.165, 1.54) is 0 Å². The monoisotopic (exact) mass is 369 g/mol. The fourth-order valence-corrected chi connectivity index (χ4v) is 2.73. The topological polar surface area (TPSA) is 30.5 Å². The average Bonchev–Trinajstić information content (AvgIpc) is 2.49. The number of rotatable bonds is 5. The van der Waals surface area contributed by atoms with E-state index in [0.717, 1.165) is 37.8 Å². The van der Waals surface area contributed by atoms with Crippen LogP contribution < -0.4 is 14.8 Å². The standard InChI is InChI=1S/C16H17BrClNO2/c1-10-6-12(17)14(8-13(10)18)19-9-11-4-5-15(20-2)16(7-11)21-3/h4-8,19H,9H2,1-3H3. The molecule has 112 valence electrons. The summed E-state index contributed by atoms with van der Waals surface area (Å²) in [6.45, 7) is 2.64. The summed E-state index contributed by atoms with van der Waals surface area (Å²) in [6, 6.07) is 9.77. The maximum absolute atomic E-state index is 6.16. The Labute approximate surface area is 138 Å². The molecule has 0 saturated heterocycles. The lowest BCUT2D eigenvalue weighted by Gasteiger charge is -2.13. The predicted molar refractivity (Wildman–Crippen MR) is 90.8 cm³/mol. The molecule has 0 saturated carbocycles. The van der Waals surface area contributed by atoms with Gasteiger partial charge in [0.15, 0.2) is 11.5 Å². The number of halogens is 2. The van der Waals surface area contributed by atoms with E-state index in [2.05, 4.69) is 21.2 Å². The molecule has 0 aliphatic heterocycles. The molecule has 0 amide bonds. The molecule has 2 aromatic carbocycles. The van der Waals surface area contributed by atoms with Crippen LogP contribution in [0, 0.1) is 6.92 Å². The highest BCUT2D eigenvalue weighted by atomic mass is 79.9. The number of anilines is 1. The Morgan fingerprint density at radius 2 is 1.81 bits per heavy atom. The summed E-state index contributed by atoms with van der Waals surface area (Å²) < 4.78 is 11.5. The maximum Gasteiger partial charge on any atom is 0.161 e. The van der Waals surface area contributed by atoms with Crippen LogP contribution in [-0.2, 0) is 6.54 Å². The number of hydrogen-bond acceptors (Lipinski definition) is 3. The first-order valence-corrected chi connectivity index (χ1v) is 7.62. The number of nitrogens with one attached hydrogen (secondary N) is 1. The molecule has 3 nitrogen and oxygen atoms in total. The lowest BCUT2D eigenvalue weighted by atomic mass is 10.2. The molecule has 2 rings (SSSR count). The van der Waals surface area contributed by atoms with Gasteiger partial charge in [-0.1, -0.05) is 17.7 Å². The highest BCUT2D eigenvalue weighted by molar-refractivity contribution is 9.10. The number of aryl methyl sites for hydroxylation is 1. The van der Waals surface area contributed by atoms with Gasteiger partial charge >= 0.3 is 0 Å². The second kappa shape index (κ2) is 7.05. The summed E-state index contributed by atoms with van der Waals surface area (Å²) in [4.78, 5) is 0. The number of methoxy groups -OCH3 is 2. The molecule has 1 N–H and O–H groups in total. The van der Waals surface area contributed by atoms with Gasteiger partial charge in [0, 0.05) is 16.0 Å². The van der Waals surface area contributed by atoms with E-state index in [1.807, 2.05) is 37.3 Å². The summed E-state index contributed by atoms with van der Waals surface area (Å²) >= 11 is 9.70. The Bertz CT molecular complexity index is 646. The van der Waals surface area contributed by atoms with Crippen molar-refractivity contribution in [1.82, 2.24) is 0 Å². The van der Waals surface area contributed by atoms with Crippen LogP contribution in [0.2, 0.25) is 5.02 Å². The van der Waals surface area contributed by atoms with Gasteiger partial charge in [-0.2, -0.15) is 0 Å². The molecule has 0 bridgehead atoms. The third-order valence-electron chi connectivity index (χ3n) is 3.18. The van der Waals surface area contributed by atoms with Gasteiger partial charge in [-0.3, -0.25) is 0 Å². The first-order chi connectivity index (χ1) is 10.0. The number of ether oxygens (including phenoxy) is 2. The van der Waals surface area contributed by atoms with E-state index < -0.39 is 0 Å². The van der Waals surface area contributed by atoms with E-state index in [1.54, 1.807) is 14.2 Å². The molecule has 0 heterocycles. The Morgan fingerprint density at radius 3 is 2.48 bits per heavy atom. The summed E-state index contributed by atoms with van der Waals surface area (Å²) in [5.74, 6) is 1.44. The SMILES string of the molecule is COc1ccc(CNc2cc(Cl)c(C)cc2Br)cc1OC. The largest absolute Gasteiger partial charge is 0.493 e. The molecule has 2 aromatic rings. The normalized spacial score (nSPS) is 10.3. The van der Waals surface area contributed by atoms with Crippen molar-refractivity contribution in [2.75, 3.05) is 19.5 Å². The smallest absolute Gasteiger partial charge is 0.161 e. The minimum Gasteiger partial charge on any atom is -0.493 e. The van der Waals surface area contributed by atoms with Gasteiger partial charge in [0.1, 0.15) is 0 Å². The highest BCUT2D eigenvalue weighted by Gasteiger charge is 2.07. The van der Waals surface area contributed by atoms with E-state index in [4.69, 9.17) is 21.1 Å². The summed E-state index contributed by atoms with van der Waals surface area (Å²) in [5.41, 5.74) is 3.09. The highest BCUT2D eigenvalue weighted by Crippen LogP contribution is 2.31. The van der Waals surface area contributed by atoms with E-state index in [0.29, 0.717) is 6.54 Å². The predicted octanol–water partition coefficient (Wildman–Crippen LogP) is 5.04. The second-order valence-electron chi connectivity index (χ2n) is 4.62. The van der Waals surface area contributed by atoms with Crippen molar-refractivity contribution in [3.05, 3.63) is 51.0 Å².